The molecule has 0 saturated heterocycles. The third-order valence-electron chi connectivity index (χ3n) is 3.97. The molecule has 4 heteroatoms. The number of hydrogen-bond donors (Lipinski definition) is 1. The van der Waals surface area contributed by atoms with E-state index in [9.17, 15) is 4.79 Å². The van der Waals surface area contributed by atoms with Crippen molar-refractivity contribution in [2.24, 2.45) is 0 Å². The predicted molar refractivity (Wildman–Crippen MR) is 90.5 cm³/mol. The molecule has 1 N–H and O–H groups in total. The van der Waals surface area contributed by atoms with Gasteiger partial charge in [0.25, 0.3) is 0 Å². The number of carbonyl (C=O) groups is 1. The minimum Gasteiger partial charge on any atom is -0.311 e. The first kappa shape index (κ1) is 15.1. The number of nitrogens with one attached hydrogen (secondary N) is 1. The zero-order valence-corrected chi connectivity index (χ0v) is 13.1. The van der Waals surface area contributed by atoms with E-state index in [1.165, 1.54) is 11.1 Å². The minimum absolute atomic E-state index is 0.140. The summed E-state index contributed by atoms with van der Waals surface area (Å²) in [5.74, 6) is 0.140. The Labute approximate surface area is 135 Å². The van der Waals surface area contributed by atoms with Gasteiger partial charge in [0.2, 0.25) is 5.91 Å². The predicted octanol–water partition coefficient (Wildman–Crippen LogP) is 3.06. The third kappa shape index (κ3) is 3.49. The Morgan fingerprint density at radius 1 is 1.14 bits per heavy atom. The van der Waals surface area contributed by atoms with Crippen LogP contribution in [0.25, 0.3) is 0 Å². The second kappa shape index (κ2) is 6.95. The standard InChI is InChI=1S/C18H19ClN2O/c19-16-7-5-14(6-8-16)9-11-20-13-18(22)21-12-10-15-3-1-2-4-17(15)21/h1-8,20H,9-13H2. The summed E-state index contributed by atoms with van der Waals surface area (Å²) < 4.78 is 0. The van der Waals surface area contributed by atoms with Gasteiger partial charge in [-0.05, 0) is 48.7 Å². The van der Waals surface area contributed by atoms with Gasteiger partial charge in [-0.3, -0.25) is 4.79 Å². The van der Waals surface area contributed by atoms with Gasteiger partial charge < -0.3 is 10.2 Å². The molecule has 1 aliphatic rings. The van der Waals surface area contributed by atoms with Crippen LogP contribution in [0.3, 0.4) is 0 Å². The summed E-state index contributed by atoms with van der Waals surface area (Å²) in [6.45, 7) is 1.95. The molecule has 1 heterocycles. The van der Waals surface area contributed by atoms with Crippen molar-refractivity contribution in [2.75, 3.05) is 24.5 Å². The van der Waals surface area contributed by atoms with Crippen LogP contribution in [-0.4, -0.2) is 25.5 Å². The number of benzene rings is 2. The van der Waals surface area contributed by atoms with Gasteiger partial charge in [-0.1, -0.05) is 41.9 Å². The van der Waals surface area contributed by atoms with E-state index in [0.717, 1.165) is 36.6 Å². The van der Waals surface area contributed by atoms with Crippen LogP contribution in [0.2, 0.25) is 5.02 Å². The molecule has 0 bridgehead atoms. The van der Waals surface area contributed by atoms with Crippen molar-refractivity contribution in [3.63, 3.8) is 0 Å². The van der Waals surface area contributed by atoms with Gasteiger partial charge in [0, 0.05) is 17.3 Å². The van der Waals surface area contributed by atoms with Gasteiger partial charge >= 0.3 is 0 Å². The highest BCUT2D eigenvalue weighted by Gasteiger charge is 2.23. The lowest BCUT2D eigenvalue weighted by atomic mass is 10.1. The summed E-state index contributed by atoms with van der Waals surface area (Å²) in [5.41, 5.74) is 3.54. The number of carbonyl (C=O) groups excluding carboxylic acids is 1. The molecule has 1 aliphatic heterocycles. The topological polar surface area (TPSA) is 32.3 Å². The molecule has 0 radical (unpaired) electrons. The lowest BCUT2D eigenvalue weighted by Gasteiger charge is -2.17. The average molecular weight is 315 g/mol. The fourth-order valence-corrected chi connectivity index (χ4v) is 2.90. The number of amides is 1. The van der Waals surface area contributed by atoms with Crippen molar-refractivity contribution < 1.29 is 4.79 Å². The molecule has 3 nitrogen and oxygen atoms in total. The van der Waals surface area contributed by atoms with Crippen LogP contribution in [0.1, 0.15) is 11.1 Å². The van der Waals surface area contributed by atoms with E-state index < -0.39 is 0 Å². The Bertz CT molecular complexity index is 654. The van der Waals surface area contributed by atoms with E-state index in [-0.39, 0.29) is 5.91 Å². The van der Waals surface area contributed by atoms with Crippen LogP contribution in [0, 0.1) is 0 Å². The summed E-state index contributed by atoms with van der Waals surface area (Å²) in [7, 11) is 0. The van der Waals surface area contributed by atoms with Crippen molar-refractivity contribution in [1.82, 2.24) is 5.32 Å². The molecule has 0 saturated carbocycles. The molecule has 2 aromatic rings. The smallest absolute Gasteiger partial charge is 0.240 e. The molecule has 22 heavy (non-hydrogen) atoms. The Balaban J connectivity index is 1.46. The molecule has 1 amide bonds. The second-order valence-electron chi connectivity index (χ2n) is 5.48. The average Bonchev–Trinajstić information content (AvgIpc) is 2.97. The maximum Gasteiger partial charge on any atom is 0.240 e. The minimum atomic E-state index is 0.140. The van der Waals surface area contributed by atoms with Crippen molar-refractivity contribution in [3.8, 4) is 0 Å². The molecule has 0 unspecified atom stereocenters. The number of halogens is 1. The van der Waals surface area contributed by atoms with Crippen LogP contribution in [0.5, 0.6) is 0 Å². The van der Waals surface area contributed by atoms with E-state index in [1.54, 1.807) is 0 Å². The van der Waals surface area contributed by atoms with Crippen LogP contribution >= 0.6 is 11.6 Å². The largest absolute Gasteiger partial charge is 0.311 e. The van der Waals surface area contributed by atoms with E-state index in [4.69, 9.17) is 11.6 Å². The van der Waals surface area contributed by atoms with Gasteiger partial charge in [0.15, 0.2) is 0 Å². The molecule has 0 atom stereocenters. The zero-order chi connectivity index (χ0) is 15.4. The van der Waals surface area contributed by atoms with E-state index in [1.807, 2.05) is 47.4 Å². The summed E-state index contributed by atoms with van der Waals surface area (Å²) in [6.07, 6.45) is 1.84. The molecular formula is C18H19ClN2O. The van der Waals surface area contributed by atoms with Crippen LogP contribution in [-0.2, 0) is 17.6 Å². The van der Waals surface area contributed by atoms with E-state index in [2.05, 4.69) is 11.4 Å². The summed E-state index contributed by atoms with van der Waals surface area (Å²) >= 11 is 5.86. The molecule has 0 spiro atoms. The number of rotatable bonds is 5. The van der Waals surface area contributed by atoms with Gasteiger partial charge in [-0.15, -0.1) is 0 Å². The highest BCUT2D eigenvalue weighted by Crippen LogP contribution is 2.27. The van der Waals surface area contributed by atoms with Crippen LogP contribution < -0.4 is 10.2 Å². The maximum atomic E-state index is 12.3. The zero-order valence-electron chi connectivity index (χ0n) is 12.4. The van der Waals surface area contributed by atoms with Crippen molar-refractivity contribution >= 4 is 23.2 Å². The maximum absolute atomic E-state index is 12.3. The summed E-state index contributed by atoms with van der Waals surface area (Å²) in [4.78, 5) is 14.2. The van der Waals surface area contributed by atoms with E-state index >= 15 is 0 Å². The fraction of sp³-hybridized carbons (Fsp3) is 0.278. The quantitative estimate of drug-likeness (QED) is 0.860. The Hall–Kier alpha value is -1.84. The van der Waals surface area contributed by atoms with Gasteiger partial charge in [0.1, 0.15) is 0 Å². The molecule has 0 aliphatic carbocycles. The van der Waals surface area contributed by atoms with Crippen molar-refractivity contribution in [1.29, 1.82) is 0 Å². The number of para-hydroxylation sites is 1. The first-order valence-corrected chi connectivity index (χ1v) is 7.95. The number of fused-ring (bicyclic) bond motifs is 1. The summed E-state index contributed by atoms with van der Waals surface area (Å²) in [5, 5.41) is 3.98. The number of hydrogen-bond acceptors (Lipinski definition) is 2. The molecular weight excluding hydrogens is 296 g/mol. The van der Waals surface area contributed by atoms with E-state index in [0.29, 0.717) is 6.54 Å². The molecule has 2 aromatic carbocycles. The van der Waals surface area contributed by atoms with Gasteiger partial charge in [-0.25, -0.2) is 0 Å². The summed E-state index contributed by atoms with van der Waals surface area (Å²) in [6, 6.07) is 15.9. The van der Waals surface area contributed by atoms with Gasteiger partial charge in [-0.2, -0.15) is 0 Å². The fourth-order valence-electron chi connectivity index (χ4n) is 2.77. The highest BCUT2D eigenvalue weighted by molar-refractivity contribution is 6.30. The number of anilines is 1. The number of nitrogens with zero attached hydrogens (tertiary/aromatic N) is 1. The third-order valence-corrected chi connectivity index (χ3v) is 4.22. The van der Waals surface area contributed by atoms with Crippen molar-refractivity contribution in [3.05, 3.63) is 64.7 Å². The van der Waals surface area contributed by atoms with Crippen LogP contribution in [0.4, 0.5) is 5.69 Å². The first-order valence-electron chi connectivity index (χ1n) is 7.57. The highest BCUT2D eigenvalue weighted by atomic mass is 35.5. The first-order chi connectivity index (χ1) is 10.7. The SMILES string of the molecule is O=C(CNCCc1ccc(Cl)cc1)N1CCc2ccccc21. The normalized spacial score (nSPS) is 13.2. The monoisotopic (exact) mass is 314 g/mol. The van der Waals surface area contributed by atoms with Crippen LogP contribution in [0.15, 0.2) is 48.5 Å². The lowest BCUT2D eigenvalue weighted by Crippen LogP contribution is -2.37. The molecule has 3 rings (SSSR count). The Kier molecular flexibility index (Phi) is 4.76. The Morgan fingerprint density at radius 3 is 2.73 bits per heavy atom. The second-order valence-corrected chi connectivity index (χ2v) is 5.91. The molecule has 114 valence electrons. The lowest BCUT2D eigenvalue weighted by molar-refractivity contribution is -0.117. The van der Waals surface area contributed by atoms with Crippen molar-refractivity contribution in [2.45, 2.75) is 12.8 Å². The molecule has 0 fully saturated rings. The molecule has 0 aromatic heterocycles. The Morgan fingerprint density at radius 2 is 1.91 bits per heavy atom. The van der Waals surface area contributed by atoms with Gasteiger partial charge in [0.05, 0.1) is 6.54 Å².